The molecule has 2 rings (SSSR count). The van der Waals surface area contributed by atoms with Gasteiger partial charge >= 0.3 is 5.97 Å². The Balaban J connectivity index is 1.61. The van der Waals surface area contributed by atoms with E-state index in [4.69, 9.17) is 10.5 Å². The van der Waals surface area contributed by atoms with Gasteiger partial charge in [-0.05, 0) is 50.1 Å². The number of nitrogen functional groups attached to an aromatic ring is 1. The van der Waals surface area contributed by atoms with Gasteiger partial charge in [0, 0.05) is 12.2 Å². The van der Waals surface area contributed by atoms with Crippen molar-refractivity contribution in [2.45, 2.75) is 51.6 Å². The van der Waals surface area contributed by atoms with Gasteiger partial charge in [-0.1, -0.05) is 32.1 Å². The van der Waals surface area contributed by atoms with Gasteiger partial charge in [-0.3, -0.25) is 0 Å². The lowest BCUT2D eigenvalue weighted by Gasteiger charge is -2.22. The van der Waals surface area contributed by atoms with Crippen LogP contribution in [0.15, 0.2) is 24.3 Å². The van der Waals surface area contributed by atoms with Crippen LogP contribution in [0.5, 0.6) is 0 Å². The number of esters is 1. The lowest BCUT2D eigenvalue weighted by Crippen LogP contribution is -2.30. The van der Waals surface area contributed by atoms with Gasteiger partial charge in [0.1, 0.15) is 6.10 Å². The number of nitrogens with two attached hydrogens (primary N) is 1. The summed E-state index contributed by atoms with van der Waals surface area (Å²) < 4.78 is 5.43. The highest BCUT2D eigenvalue weighted by molar-refractivity contribution is 5.89. The Hall–Kier alpha value is -1.55. The summed E-state index contributed by atoms with van der Waals surface area (Å²) in [5, 5.41) is 3.40. The average molecular weight is 304 g/mol. The number of hydrogen-bond donors (Lipinski definition) is 2. The molecule has 0 aliphatic heterocycles. The lowest BCUT2D eigenvalue weighted by atomic mass is 9.87. The minimum absolute atomic E-state index is 0.128. The number of rotatable bonds is 7. The van der Waals surface area contributed by atoms with E-state index in [2.05, 4.69) is 5.32 Å². The zero-order valence-electron chi connectivity index (χ0n) is 13.5. The first-order valence-corrected chi connectivity index (χ1v) is 8.42. The van der Waals surface area contributed by atoms with Crippen molar-refractivity contribution < 1.29 is 9.53 Å². The van der Waals surface area contributed by atoms with Crippen LogP contribution in [0, 0.1) is 5.92 Å². The van der Waals surface area contributed by atoms with Crippen molar-refractivity contribution in [2.75, 3.05) is 18.8 Å². The monoisotopic (exact) mass is 304 g/mol. The molecule has 1 aromatic rings. The zero-order chi connectivity index (χ0) is 15.8. The number of anilines is 1. The van der Waals surface area contributed by atoms with Gasteiger partial charge in [0.25, 0.3) is 0 Å². The zero-order valence-corrected chi connectivity index (χ0v) is 13.5. The van der Waals surface area contributed by atoms with Crippen molar-refractivity contribution in [3.8, 4) is 0 Å². The number of hydrogen-bond acceptors (Lipinski definition) is 4. The van der Waals surface area contributed by atoms with Crippen molar-refractivity contribution in [2.24, 2.45) is 5.92 Å². The third-order valence-corrected chi connectivity index (χ3v) is 4.34. The Labute approximate surface area is 133 Å². The Morgan fingerprint density at radius 3 is 2.64 bits per heavy atom. The highest BCUT2D eigenvalue weighted by Crippen LogP contribution is 2.25. The maximum absolute atomic E-state index is 12.0. The van der Waals surface area contributed by atoms with Gasteiger partial charge in [0.05, 0.1) is 5.56 Å². The normalized spacial score (nSPS) is 17.1. The molecule has 1 aliphatic rings. The third-order valence-electron chi connectivity index (χ3n) is 4.34. The number of ether oxygens (including phenoxy) is 1. The molecule has 4 nitrogen and oxygen atoms in total. The fraction of sp³-hybridized carbons (Fsp3) is 0.611. The van der Waals surface area contributed by atoms with Gasteiger partial charge in [-0.2, -0.15) is 0 Å². The molecule has 3 N–H and O–H groups in total. The van der Waals surface area contributed by atoms with Crippen LogP contribution in [0.1, 0.15) is 55.8 Å². The molecule has 1 atom stereocenters. The molecule has 0 heterocycles. The Kier molecular flexibility index (Phi) is 6.72. The summed E-state index contributed by atoms with van der Waals surface area (Å²) in [5.41, 5.74) is 6.80. The fourth-order valence-corrected chi connectivity index (χ4v) is 3.00. The van der Waals surface area contributed by atoms with Gasteiger partial charge in [-0.15, -0.1) is 0 Å². The second-order valence-electron chi connectivity index (χ2n) is 6.33. The largest absolute Gasteiger partial charge is 0.458 e. The molecule has 0 saturated heterocycles. The number of benzene rings is 1. The van der Waals surface area contributed by atoms with Gasteiger partial charge in [0.2, 0.25) is 0 Å². The number of carbonyl (C=O) groups excluding carboxylic acids is 1. The van der Waals surface area contributed by atoms with Crippen LogP contribution in [0.25, 0.3) is 0 Å². The molecule has 4 heteroatoms. The molecule has 1 aromatic carbocycles. The number of carbonyl (C=O) groups is 1. The van der Waals surface area contributed by atoms with E-state index in [1.807, 2.05) is 6.92 Å². The summed E-state index contributed by atoms with van der Waals surface area (Å²) in [6.45, 7) is 3.63. The molecule has 1 fully saturated rings. The lowest BCUT2D eigenvalue weighted by molar-refractivity contribution is 0.0342. The van der Waals surface area contributed by atoms with Gasteiger partial charge in [0.15, 0.2) is 0 Å². The molecule has 122 valence electrons. The number of nitrogens with one attached hydrogen (secondary N) is 1. The molecule has 1 unspecified atom stereocenters. The molecule has 0 aromatic heterocycles. The maximum atomic E-state index is 12.0. The van der Waals surface area contributed by atoms with Crippen LogP contribution in [-0.2, 0) is 4.74 Å². The van der Waals surface area contributed by atoms with Crippen LogP contribution in [0.4, 0.5) is 5.69 Å². The van der Waals surface area contributed by atoms with Crippen molar-refractivity contribution in [1.82, 2.24) is 5.32 Å². The van der Waals surface area contributed by atoms with E-state index >= 15 is 0 Å². The predicted octanol–water partition coefficient (Wildman–Crippen LogP) is 3.37. The summed E-state index contributed by atoms with van der Waals surface area (Å²) in [5.74, 6) is 0.593. The molecule has 0 amide bonds. The van der Waals surface area contributed by atoms with Gasteiger partial charge < -0.3 is 15.8 Å². The van der Waals surface area contributed by atoms with E-state index in [1.54, 1.807) is 24.3 Å². The van der Waals surface area contributed by atoms with Crippen LogP contribution >= 0.6 is 0 Å². The smallest absolute Gasteiger partial charge is 0.338 e. The van der Waals surface area contributed by atoms with Gasteiger partial charge in [-0.25, -0.2) is 4.79 Å². The van der Waals surface area contributed by atoms with Crippen molar-refractivity contribution in [3.63, 3.8) is 0 Å². The Morgan fingerprint density at radius 1 is 1.27 bits per heavy atom. The van der Waals surface area contributed by atoms with E-state index in [-0.39, 0.29) is 12.1 Å². The van der Waals surface area contributed by atoms with Crippen molar-refractivity contribution in [3.05, 3.63) is 29.8 Å². The van der Waals surface area contributed by atoms with E-state index in [0.29, 0.717) is 17.8 Å². The highest BCUT2D eigenvalue weighted by Gasteiger charge is 2.14. The molecule has 1 aliphatic carbocycles. The minimum atomic E-state index is -0.290. The molecule has 1 saturated carbocycles. The van der Waals surface area contributed by atoms with E-state index < -0.39 is 0 Å². The van der Waals surface area contributed by atoms with Crippen molar-refractivity contribution in [1.29, 1.82) is 0 Å². The van der Waals surface area contributed by atoms with Crippen LogP contribution in [-0.4, -0.2) is 25.2 Å². The average Bonchev–Trinajstić information content (AvgIpc) is 2.53. The fourth-order valence-electron chi connectivity index (χ4n) is 3.00. The van der Waals surface area contributed by atoms with Crippen LogP contribution in [0.3, 0.4) is 0 Å². The quantitative estimate of drug-likeness (QED) is 0.460. The van der Waals surface area contributed by atoms with E-state index in [0.717, 1.165) is 12.5 Å². The van der Waals surface area contributed by atoms with E-state index in [1.165, 1.54) is 38.5 Å². The van der Waals surface area contributed by atoms with Crippen molar-refractivity contribution >= 4 is 11.7 Å². The summed E-state index contributed by atoms with van der Waals surface area (Å²) in [6, 6.07) is 6.81. The summed E-state index contributed by atoms with van der Waals surface area (Å²) in [7, 11) is 0. The molecular weight excluding hydrogens is 276 g/mol. The first kappa shape index (κ1) is 16.8. The maximum Gasteiger partial charge on any atom is 0.338 e. The first-order chi connectivity index (χ1) is 10.6. The standard InChI is InChI=1S/C18H28N2O2/c1-14(13-20-12-11-15-5-3-2-4-6-15)22-18(21)16-7-9-17(19)10-8-16/h7-10,14-15,20H,2-6,11-13,19H2,1H3. The molecular formula is C18H28N2O2. The second-order valence-corrected chi connectivity index (χ2v) is 6.33. The molecule has 0 radical (unpaired) electrons. The topological polar surface area (TPSA) is 64.3 Å². The second kappa shape index (κ2) is 8.79. The third kappa shape index (κ3) is 5.68. The Morgan fingerprint density at radius 2 is 1.95 bits per heavy atom. The molecule has 22 heavy (non-hydrogen) atoms. The van der Waals surface area contributed by atoms with E-state index in [9.17, 15) is 4.79 Å². The minimum Gasteiger partial charge on any atom is -0.458 e. The molecule has 0 spiro atoms. The SMILES string of the molecule is CC(CNCCC1CCCCC1)OC(=O)c1ccc(N)cc1. The summed E-state index contributed by atoms with van der Waals surface area (Å²) in [6.07, 6.45) is 8.05. The highest BCUT2D eigenvalue weighted by atomic mass is 16.5. The Bertz CT molecular complexity index is 453. The summed E-state index contributed by atoms with van der Waals surface area (Å²) in [4.78, 5) is 12.0. The summed E-state index contributed by atoms with van der Waals surface area (Å²) >= 11 is 0. The molecule has 0 bridgehead atoms. The van der Waals surface area contributed by atoms with Crippen LogP contribution < -0.4 is 11.1 Å². The first-order valence-electron chi connectivity index (χ1n) is 8.42. The predicted molar refractivity (Wildman–Crippen MR) is 89.8 cm³/mol. The van der Waals surface area contributed by atoms with Crippen LogP contribution in [0.2, 0.25) is 0 Å².